The van der Waals surface area contributed by atoms with Crippen LogP contribution in [0.1, 0.15) is 205 Å². The third kappa shape index (κ3) is 27.6. The summed E-state index contributed by atoms with van der Waals surface area (Å²) in [7, 11) is 0. The molecule has 0 fully saturated rings. The zero-order valence-electron chi connectivity index (χ0n) is 38.0. The van der Waals surface area contributed by atoms with Gasteiger partial charge in [0.15, 0.2) is 0 Å². The van der Waals surface area contributed by atoms with Crippen LogP contribution in [0.2, 0.25) is 0 Å². The second-order valence-corrected chi connectivity index (χ2v) is 14.9. The van der Waals surface area contributed by atoms with Crippen molar-refractivity contribution in [2.75, 3.05) is 0 Å². The van der Waals surface area contributed by atoms with E-state index in [4.69, 9.17) is 0 Å². The van der Waals surface area contributed by atoms with Crippen LogP contribution in [0.15, 0.2) is 48.5 Å². The molecule has 4 rings (SSSR count). The molecule has 0 bridgehead atoms. The average Bonchev–Trinajstić information content (AvgIpc) is 3.68. The first-order valence-corrected chi connectivity index (χ1v) is 20.4. The van der Waals surface area contributed by atoms with Crippen LogP contribution in [-0.4, -0.2) is 0 Å². The van der Waals surface area contributed by atoms with E-state index in [1.54, 1.807) is 0 Å². The van der Waals surface area contributed by atoms with Gasteiger partial charge in [-0.1, -0.05) is 157 Å². The van der Waals surface area contributed by atoms with Gasteiger partial charge in [0.25, 0.3) is 0 Å². The van der Waals surface area contributed by atoms with E-state index in [0.29, 0.717) is 23.7 Å². The van der Waals surface area contributed by atoms with E-state index in [1.165, 1.54) is 80.6 Å². The number of fused-ring (bicyclic) bond motifs is 2. The van der Waals surface area contributed by atoms with Gasteiger partial charge in [0.2, 0.25) is 0 Å². The quantitative estimate of drug-likeness (QED) is 0.155. The minimum Gasteiger partial charge on any atom is -0.343 e. The molecule has 297 valence electrons. The molecule has 0 unspecified atom stereocenters. The zero-order valence-corrected chi connectivity index (χ0v) is 42.9. The Morgan fingerprint density at radius 2 is 0.717 bits per heavy atom. The molecular formula is C51H85Zr2. The fourth-order valence-electron chi connectivity index (χ4n) is 4.67. The zero-order chi connectivity index (χ0) is 40.1. The molecular weight excluding hydrogens is 795 g/mol. The first kappa shape index (κ1) is 61.6. The summed E-state index contributed by atoms with van der Waals surface area (Å²) in [6, 6.07) is 18.7. The number of unbranched alkanes of at least 4 members (excludes halogenated alkanes) is 4. The first-order chi connectivity index (χ1) is 24.0. The third-order valence-electron chi connectivity index (χ3n) is 8.03. The molecule has 0 amide bonds. The van der Waals surface area contributed by atoms with Crippen molar-refractivity contribution in [2.24, 2.45) is 0 Å². The van der Waals surface area contributed by atoms with Crippen LogP contribution in [0.25, 0.3) is 21.5 Å². The standard InChI is InChI=1S/2C16H21.4C4H9.C3H7.2Zr/c2*1-10(2)13-8-14-6-12(5)7-16(14)15(9-13)11(3)4;4*1-3-4-2;1-3-2;;/h2*6-11H,1-5H3;4*1,3-4H2,2H3;3H,1-2H3;;/q7*-1;+3;+4. The summed E-state index contributed by atoms with van der Waals surface area (Å²) in [4.78, 5) is 0. The van der Waals surface area contributed by atoms with E-state index in [9.17, 15) is 0 Å². The maximum absolute atomic E-state index is 3.60. The van der Waals surface area contributed by atoms with Crippen LogP contribution in [-0.2, 0) is 52.4 Å². The molecule has 53 heavy (non-hydrogen) atoms. The summed E-state index contributed by atoms with van der Waals surface area (Å²) >= 11 is 0. The maximum Gasteiger partial charge on any atom is 4.00 e. The summed E-state index contributed by atoms with van der Waals surface area (Å²) < 4.78 is 0. The summed E-state index contributed by atoms with van der Waals surface area (Å²) in [5.41, 5.74) is 8.66. The molecule has 4 aromatic carbocycles. The summed E-state index contributed by atoms with van der Waals surface area (Å²) in [5.74, 6) is 2.42. The van der Waals surface area contributed by atoms with Crippen LogP contribution in [0.4, 0.5) is 0 Å². The molecule has 4 aromatic rings. The van der Waals surface area contributed by atoms with E-state index in [-0.39, 0.29) is 52.4 Å². The minimum atomic E-state index is 0. The first-order valence-electron chi connectivity index (χ1n) is 20.4. The maximum atomic E-state index is 3.60. The fraction of sp³-hybridized carbons (Fsp3) is 0.549. The van der Waals surface area contributed by atoms with E-state index in [0.717, 1.165) is 25.7 Å². The Morgan fingerprint density at radius 3 is 0.887 bits per heavy atom. The second-order valence-electron chi connectivity index (χ2n) is 14.9. The third-order valence-corrected chi connectivity index (χ3v) is 8.03. The van der Waals surface area contributed by atoms with Gasteiger partial charge in [-0.3, -0.25) is 0 Å². The molecule has 0 nitrogen and oxygen atoms in total. The molecule has 0 N–H and O–H groups in total. The number of hydrogen-bond acceptors (Lipinski definition) is 0. The molecule has 0 saturated heterocycles. The molecule has 0 aliphatic heterocycles. The molecule has 0 heterocycles. The SMILES string of the molecule is C[CH-]C.Cc1cc2c(C(C)C)cc(C(C)C)cc2[cH-]1.Cc1cc2c(C(C)C)cc(C(C)C)cc2[cH-]1.[CH2-]CCC.[CH2-]CCC.[CH2-]CCC.[CH2-]CCC.[Zr+3].[Zr+4]. The van der Waals surface area contributed by atoms with Crippen LogP contribution < -0.4 is 0 Å². The Balaban J connectivity index is -0.000000193. The van der Waals surface area contributed by atoms with Gasteiger partial charge in [-0.25, -0.2) is 0 Å². The summed E-state index contributed by atoms with van der Waals surface area (Å²) in [5, 5.41) is 5.70. The molecule has 0 aromatic heterocycles. The summed E-state index contributed by atoms with van der Waals surface area (Å²) in [6.07, 6.45) is 11.1. The predicted molar refractivity (Wildman–Crippen MR) is 242 cm³/mol. The van der Waals surface area contributed by atoms with E-state index in [1.807, 2.05) is 20.3 Å². The number of benzene rings is 2. The molecule has 0 aliphatic rings. The Hall–Kier alpha value is -0.574. The molecule has 1 radical (unpaired) electrons. The molecule has 0 aliphatic carbocycles. The van der Waals surface area contributed by atoms with Crippen molar-refractivity contribution in [3.05, 3.63) is 116 Å². The van der Waals surface area contributed by atoms with Crippen LogP contribution in [0.5, 0.6) is 0 Å². The molecule has 0 saturated carbocycles. The van der Waals surface area contributed by atoms with Gasteiger partial charge >= 0.3 is 52.4 Å². The topological polar surface area (TPSA) is 0 Å². The monoisotopic (exact) mass is 877 g/mol. The van der Waals surface area contributed by atoms with Crippen LogP contribution in [0.3, 0.4) is 0 Å². The fourth-order valence-corrected chi connectivity index (χ4v) is 4.67. The van der Waals surface area contributed by atoms with Gasteiger partial charge in [-0.05, 0) is 23.7 Å². The smallest absolute Gasteiger partial charge is 0.343 e. The van der Waals surface area contributed by atoms with Gasteiger partial charge in [0, 0.05) is 0 Å². The van der Waals surface area contributed by atoms with Gasteiger partial charge in [0.1, 0.15) is 0 Å². The summed E-state index contributed by atoms with van der Waals surface area (Å²) in [6.45, 7) is 49.4. The largest absolute Gasteiger partial charge is 4.00 e. The second kappa shape index (κ2) is 38.3. The Kier molecular flexibility index (Phi) is 44.6. The minimum absolute atomic E-state index is 0. The number of rotatable bonds is 8. The van der Waals surface area contributed by atoms with Crippen molar-refractivity contribution in [3.63, 3.8) is 0 Å². The van der Waals surface area contributed by atoms with Crippen molar-refractivity contribution in [2.45, 2.75) is 186 Å². The van der Waals surface area contributed by atoms with Crippen molar-refractivity contribution in [3.8, 4) is 0 Å². The van der Waals surface area contributed by atoms with Gasteiger partial charge in [0.05, 0.1) is 0 Å². The average molecular weight is 881 g/mol. The molecule has 0 spiro atoms. The van der Waals surface area contributed by atoms with Crippen molar-refractivity contribution < 1.29 is 52.4 Å². The Bertz CT molecular complexity index is 1230. The van der Waals surface area contributed by atoms with Gasteiger partial charge < -0.3 is 34.1 Å². The van der Waals surface area contributed by atoms with E-state index < -0.39 is 0 Å². The Morgan fingerprint density at radius 1 is 0.491 bits per heavy atom. The van der Waals surface area contributed by atoms with Crippen molar-refractivity contribution >= 4 is 21.5 Å². The van der Waals surface area contributed by atoms with Crippen LogP contribution >= 0.6 is 0 Å². The van der Waals surface area contributed by atoms with E-state index in [2.05, 4.69) is 173 Å². The molecule has 0 atom stereocenters. The molecule has 2 heteroatoms. The van der Waals surface area contributed by atoms with E-state index >= 15 is 0 Å². The van der Waals surface area contributed by atoms with Crippen molar-refractivity contribution in [1.29, 1.82) is 0 Å². The number of aryl methyl sites for hydroxylation is 2. The normalized spacial score (nSPS) is 9.81. The predicted octanol–water partition coefficient (Wildman–Crippen LogP) is 17.9. The number of hydrogen-bond donors (Lipinski definition) is 0. The van der Waals surface area contributed by atoms with Crippen molar-refractivity contribution in [1.82, 2.24) is 0 Å². The Labute approximate surface area is 372 Å². The van der Waals surface area contributed by atoms with Gasteiger partial charge in [-0.2, -0.15) is 51.7 Å². The van der Waals surface area contributed by atoms with Crippen LogP contribution in [0, 0.1) is 48.0 Å². The van der Waals surface area contributed by atoms with Gasteiger partial charge in [-0.15, -0.1) is 56.9 Å².